The van der Waals surface area contributed by atoms with Crippen LogP contribution in [0, 0.1) is 0 Å². The highest BCUT2D eigenvalue weighted by molar-refractivity contribution is 7.26. The molecule has 270 valence electrons. The molecule has 0 unspecified atom stereocenters. The normalized spacial score (nSPS) is 12.9. The third kappa shape index (κ3) is 5.44. The van der Waals surface area contributed by atoms with Crippen molar-refractivity contribution in [2.24, 2.45) is 0 Å². The Morgan fingerprint density at radius 2 is 0.912 bits per heavy atom. The van der Waals surface area contributed by atoms with E-state index in [1.54, 1.807) is 0 Å². The van der Waals surface area contributed by atoms with Gasteiger partial charge in [0, 0.05) is 42.6 Å². The Labute approximate surface area is 337 Å². The van der Waals surface area contributed by atoms with Gasteiger partial charge < -0.3 is 4.90 Å². The average molecular weight is 746 g/mol. The number of anilines is 3. The average Bonchev–Trinajstić information content (AvgIpc) is 3.76. The molecule has 1 aliphatic carbocycles. The van der Waals surface area contributed by atoms with Crippen molar-refractivity contribution in [3.63, 3.8) is 0 Å². The molecule has 1 aliphatic rings. The zero-order valence-corrected chi connectivity index (χ0v) is 32.7. The molecule has 0 N–H and O–H groups in total. The highest BCUT2D eigenvalue weighted by Gasteiger charge is 2.38. The predicted molar refractivity (Wildman–Crippen MR) is 245 cm³/mol. The summed E-state index contributed by atoms with van der Waals surface area (Å²) in [4.78, 5) is 2.42. The van der Waals surface area contributed by atoms with Gasteiger partial charge in [-0.3, -0.25) is 0 Å². The van der Waals surface area contributed by atoms with Gasteiger partial charge in [-0.15, -0.1) is 11.3 Å². The number of fused-ring (bicyclic) bond motifs is 8. The summed E-state index contributed by atoms with van der Waals surface area (Å²) in [6.07, 6.45) is 0. The number of hydrogen-bond acceptors (Lipinski definition) is 2. The van der Waals surface area contributed by atoms with Crippen molar-refractivity contribution >= 4 is 59.3 Å². The lowest BCUT2D eigenvalue weighted by molar-refractivity contribution is 0.666. The molecular weight excluding hydrogens is 707 g/mol. The van der Waals surface area contributed by atoms with Gasteiger partial charge in [-0.1, -0.05) is 166 Å². The van der Waals surface area contributed by atoms with Crippen molar-refractivity contribution < 1.29 is 0 Å². The van der Waals surface area contributed by atoms with Gasteiger partial charge in [-0.05, 0) is 115 Å². The molecule has 0 spiro atoms. The fraction of sp³-hybridized carbons (Fsp3) is 0.0545. The van der Waals surface area contributed by atoms with Gasteiger partial charge in [0.05, 0.1) is 0 Å². The number of rotatable bonds is 6. The Morgan fingerprint density at radius 1 is 0.368 bits per heavy atom. The molecule has 1 aromatic heterocycles. The largest absolute Gasteiger partial charge is 0.310 e. The maximum atomic E-state index is 2.45. The summed E-state index contributed by atoms with van der Waals surface area (Å²) in [5, 5.41) is 5.28. The summed E-state index contributed by atoms with van der Waals surface area (Å²) in [6, 6.07) is 73.7. The van der Waals surface area contributed by atoms with E-state index < -0.39 is 0 Å². The molecule has 11 rings (SSSR count). The van der Waals surface area contributed by atoms with Crippen LogP contribution in [0.5, 0.6) is 0 Å². The van der Waals surface area contributed by atoms with Gasteiger partial charge in [-0.2, -0.15) is 0 Å². The number of benzene rings is 9. The first-order valence-electron chi connectivity index (χ1n) is 19.8. The zero-order valence-electron chi connectivity index (χ0n) is 31.9. The lowest BCUT2D eigenvalue weighted by atomic mass is 9.79. The Morgan fingerprint density at radius 3 is 1.63 bits per heavy atom. The molecular formula is C55H39NS. The van der Waals surface area contributed by atoms with Gasteiger partial charge in [0.2, 0.25) is 0 Å². The third-order valence-corrected chi connectivity index (χ3v) is 13.3. The van der Waals surface area contributed by atoms with Gasteiger partial charge in [0.1, 0.15) is 0 Å². The molecule has 0 saturated heterocycles. The maximum absolute atomic E-state index is 2.45. The van der Waals surface area contributed by atoms with Crippen molar-refractivity contribution in [1.29, 1.82) is 0 Å². The van der Waals surface area contributed by atoms with Gasteiger partial charge in [-0.25, -0.2) is 0 Å². The smallest absolute Gasteiger partial charge is 0.0468 e. The number of nitrogens with zero attached hydrogens (tertiary/aromatic N) is 1. The van der Waals surface area contributed by atoms with E-state index in [4.69, 9.17) is 0 Å². The van der Waals surface area contributed by atoms with E-state index in [9.17, 15) is 0 Å². The second kappa shape index (κ2) is 13.2. The minimum Gasteiger partial charge on any atom is -0.310 e. The third-order valence-electron chi connectivity index (χ3n) is 12.1. The minimum atomic E-state index is -0.157. The van der Waals surface area contributed by atoms with Crippen LogP contribution in [0.15, 0.2) is 200 Å². The topological polar surface area (TPSA) is 3.24 Å². The van der Waals surface area contributed by atoms with Crippen LogP contribution in [-0.2, 0) is 5.41 Å². The number of thiophene rings is 1. The SMILES string of the molecule is CC1(C)c2ccc(N(c3ccc(-c4ccccc4)cc3)c3ccc(-c4cccc5c4sc4ccccc45)cc3)cc2-c2cc(-c3ccccc3)c3ccccc3c21. The van der Waals surface area contributed by atoms with Crippen molar-refractivity contribution in [3.05, 3.63) is 211 Å². The summed E-state index contributed by atoms with van der Waals surface area (Å²) in [5.41, 5.74) is 16.0. The Hall–Kier alpha value is -6.74. The van der Waals surface area contributed by atoms with E-state index in [0.717, 1.165) is 17.1 Å². The fourth-order valence-electron chi connectivity index (χ4n) is 9.34. The molecule has 0 fully saturated rings. The Kier molecular flexibility index (Phi) is 7.77. The molecule has 1 heterocycles. The van der Waals surface area contributed by atoms with E-state index in [-0.39, 0.29) is 5.41 Å². The predicted octanol–water partition coefficient (Wildman–Crippen LogP) is 16.0. The van der Waals surface area contributed by atoms with Crippen LogP contribution in [0.25, 0.3) is 75.5 Å². The molecule has 0 amide bonds. The first-order chi connectivity index (χ1) is 28.0. The van der Waals surface area contributed by atoms with E-state index >= 15 is 0 Å². The first kappa shape index (κ1) is 33.6. The van der Waals surface area contributed by atoms with Gasteiger partial charge in [0.15, 0.2) is 0 Å². The Bertz CT molecular complexity index is 3120. The first-order valence-corrected chi connectivity index (χ1v) is 20.6. The molecule has 0 bridgehead atoms. The molecule has 0 saturated carbocycles. The second-order valence-corrected chi connectivity index (χ2v) is 16.7. The van der Waals surface area contributed by atoms with Gasteiger partial charge >= 0.3 is 0 Å². The molecule has 0 atom stereocenters. The van der Waals surface area contributed by atoms with E-state index in [1.807, 2.05) is 11.3 Å². The second-order valence-electron chi connectivity index (χ2n) is 15.7. The fourth-order valence-corrected chi connectivity index (χ4v) is 10.6. The van der Waals surface area contributed by atoms with Crippen LogP contribution >= 0.6 is 11.3 Å². The summed E-state index contributed by atoms with van der Waals surface area (Å²) in [5.74, 6) is 0. The molecule has 57 heavy (non-hydrogen) atoms. The summed E-state index contributed by atoms with van der Waals surface area (Å²) >= 11 is 1.88. The molecule has 9 aromatic carbocycles. The van der Waals surface area contributed by atoms with Crippen LogP contribution in [0.4, 0.5) is 17.1 Å². The molecule has 10 aromatic rings. The van der Waals surface area contributed by atoms with Crippen LogP contribution in [0.1, 0.15) is 25.0 Å². The molecule has 1 nitrogen and oxygen atoms in total. The lowest BCUT2D eigenvalue weighted by Crippen LogP contribution is -2.16. The number of hydrogen-bond donors (Lipinski definition) is 0. The summed E-state index contributed by atoms with van der Waals surface area (Å²) < 4.78 is 2.66. The van der Waals surface area contributed by atoms with Crippen LogP contribution < -0.4 is 4.90 Å². The van der Waals surface area contributed by atoms with Crippen molar-refractivity contribution in [1.82, 2.24) is 0 Å². The van der Waals surface area contributed by atoms with Crippen molar-refractivity contribution in [2.45, 2.75) is 19.3 Å². The van der Waals surface area contributed by atoms with Crippen LogP contribution in [0.2, 0.25) is 0 Å². The summed E-state index contributed by atoms with van der Waals surface area (Å²) in [7, 11) is 0. The van der Waals surface area contributed by atoms with E-state index in [1.165, 1.54) is 86.6 Å². The van der Waals surface area contributed by atoms with Crippen molar-refractivity contribution in [3.8, 4) is 44.5 Å². The van der Waals surface area contributed by atoms with Crippen LogP contribution in [0.3, 0.4) is 0 Å². The monoisotopic (exact) mass is 745 g/mol. The highest BCUT2D eigenvalue weighted by atomic mass is 32.1. The quantitative estimate of drug-likeness (QED) is 0.164. The van der Waals surface area contributed by atoms with E-state index in [2.05, 4.69) is 219 Å². The molecule has 2 heteroatoms. The Balaban J connectivity index is 1.07. The maximum Gasteiger partial charge on any atom is 0.0468 e. The highest BCUT2D eigenvalue weighted by Crippen LogP contribution is 2.54. The van der Waals surface area contributed by atoms with Gasteiger partial charge in [0.25, 0.3) is 0 Å². The van der Waals surface area contributed by atoms with Crippen LogP contribution in [-0.4, -0.2) is 0 Å². The molecule has 0 radical (unpaired) electrons. The standard InChI is InChI=1S/C55H39NS/c1-55(2)51-33-32-42(34-49(51)50-35-48(38-16-7-4-8-17-38)44-18-9-10-20-46(44)53(50)55)56(40-28-24-37(25-29-40)36-14-5-3-6-15-36)41-30-26-39(27-31-41)43-21-13-22-47-45-19-11-12-23-52(45)57-54(43)47/h3-35H,1-2H3. The van der Waals surface area contributed by atoms with E-state index in [0.29, 0.717) is 0 Å². The minimum absolute atomic E-state index is 0.157. The van der Waals surface area contributed by atoms with Crippen molar-refractivity contribution in [2.75, 3.05) is 4.90 Å². The lowest BCUT2D eigenvalue weighted by Gasteiger charge is -2.27. The molecule has 0 aliphatic heterocycles. The zero-order chi connectivity index (χ0) is 38.1. The summed E-state index contributed by atoms with van der Waals surface area (Å²) in [6.45, 7) is 4.78.